The van der Waals surface area contributed by atoms with Gasteiger partial charge in [-0.1, -0.05) is 19.8 Å². The molecule has 1 aliphatic rings. The van der Waals surface area contributed by atoms with E-state index in [9.17, 15) is 18.8 Å². The molecule has 10 heteroatoms. The van der Waals surface area contributed by atoms with E-state index in [1.54, 1.807) is 0 Å². The fourth-order valence-corrected chi connectivity index (χ4v) is 2.78. The average molecular weight is 374 g/mol. The van der Waals surface area contributed by atoms with Crippen LogP contribution in [0.2, 0.25) is 0 Å². The smallest absolute Gasteiger partial charge is 0.322 e. The first-order valence-electron chi connectivity index (χ1n) is 8.53. The number of urea groups is 1. The van der Waals surface area contributed by atoms with Crippen LogP contribution >= 0.6 is 0 Å². The van der Waals surface area contributed by atoms with Crippen molar-refractivity contribution < 1.29 is 18.8 Å². The van der Waals surface area contributed by atoms with Crippen LogP contribution in [0.15, 0.2) is 30.5 Å². The van der Waals surface area contributed by atoms with Crippen molar-refractivity contribution in [2.45, 2.75) is 31.7 Å². The van der Waals surface area contributed by atoms with Gasteiger partial charge in [-0.25, -0.2) is 9.18 Å². The lowest BCUT2D eigenvalue weighted by Gasteiger charge is -2.25. The monoisotopic (exact) mass is 374 g/mol. The van der Waals surface area contributed by atoms with E-state index in [2.05, 4.69) is 26.1 Å². The first-order valence-corrected chi connectivity index (χ1v) is 8.53. The molecule has 1 unspecified atom stereocenters. The first-order chi connectivity index (χ1) is 12.9. The number of aromatic nitrogens is 3. The second kappa shape index (κ2) is 7.52. The highest BCUT2D eigenvalue weighted by Crippen LogP contribution is 2.18. The molecule has 2 heterocycles. The molecular formula is C17H19FN6O3. The number of imide groups is 1. The molecule has 4 amide bonds. The standard InChI is InChI=1S/C17H19FN6O3/c1-2-3-8-17(15(26)21-16(27)22-17)10-19-14(25)13-9-20-24(23-13)12-6-4-11(18)5-7-12/h4-7,9H,2-3,8,10H2,1H3,(H,19,25)(H2,21,22,26,27). The number of benzene rings is 1. The number of nitrogens with zero attached hydrogens (tertiary/aromatic N) is 3. The van der Waals surface area contributed by atoms with Crippen LogP contribution in [-0.4, -0.2) is 44.9 Å². The number of carbonyl (C=O) groups is 3. The lowest BCUT2D eigenvalue weighted by Crippen LogP contribution is -2.55. The molecule has 1 aromatic heterocycles. The summed E-state index contributed by atoms with van der Waals surface area (Å²) in [5.74, 6) is -1.39. The number of rotatable bonds is 7. The van der Waals surface area contributed by atoms with Crippen molar-refractivity contribution in [3.63, 3.8) is 0 Å². The predicted octanol–water partition coefficient (Wildman–Crippen LogP) is 0.905. The number of hydrogen-bond donors (Lipinski definition) is 3. The Balaban J connectivity index is 1.68. The zero-order valence-corrected chi connectivity index (χ0v) is 14.7. The molecule has 1 fully saturated rings. The minimum absolute atomic E-state index is 0.0368. The number of carbonyl (C=O) groups excluding carboxylic acids is 3. The van der Waals surface area contributed by atoms with Crippen LogP contribution in [0.25, 0.3) is 5.69 Å². The summed E-state index contributed by atoms with van der Waals surface area (Å²) in [5, 5.41) is 15.5. The Hall–Kier alpha value is -3.30. The van der Waals surface area contributed by atoms with Crippen LogP contribution in [-0.2, 0) is 4.79 Å². The topological polar surface area (TPSA) is 118 Å². The van der Waals surface area contributed by atoms with E-state index in [0.29, 0.717) is 18.5 Å². The SMILES string of the molecule is CCCCC1(CNC(=O)c2cnn(-c3ccc(F)cc3)n2)NC(=O)NC1=O. The van der Waals surface area contributed by atoms with Gasteiger partial charge in [0.2, 0.25) is 0 Å². The minimum atomic E-state index is -1.17. The van der Waals surface area contributed by atoms with Gasteiger partial charge < -0.3 is 10.6 Å². The van der Waals surface area contributed by atoms with Gasteiger partial charge in [0.15, 0.2) is 5.69 Å². The van der Waals surface area contributed by atoms with E-state index < -0.39 is 29.2 Å². The highest BCUT2D eigenvalue weighted by Gasteiger charge is 2.45. The molecule has 1 atom stereocenters. The van der Waals surface area contributed by atoms with Crippen molar-refractivity contribution in [1.29, 1.82) is 0 Å². The normalized spacial score (nSPS) is 18.9. The molecule has 1 aromatic carbocycles. The second-order valence-electron chi connectivity index (χ2n) is 6.27. The van der Waals surface area contributed by atoms with E-state index >= 15 is 0 Å². The van der Waals surface area contributed by atoms with Gasteiger partial charge in [0.1, 0.15) is 11.4 Å². The zero-order chi connectivity index (χ0) is 19.4. The van der Waals surface area contributed by atoms with E-state index in [1.807, 2.05) is 6.92 Å². The molecule has 142 valence electrons. The molecular weight excluding hydrogens is 355 g/mol. The number of hydrogen-bond acceptors (Lipinski definition) is 5. The summed E-state index contributed by atoms with van der Waals surface area (Å²) < 4.78 is 13.0. The van der Waals surface area contributed by atoms with Crippen LogP contribution in [0, 0.1) is 5.82 Å². The van der Waals surface area contributed by atoms with Gasteiger partial charge in [0, 0.05) is 0 Å². The maximum Gasteiger partial charge on any atom is 0.322 e. The number of nitrogens with one attached hydrogen (secondary N) is 3. The Morgan fingerprint density at radius 1 is 1.30 bits per heavy atom. The zero-order valence-electron chi connectivity index (χ0n) is 14.7. The summed E-state index contributed by atoms with van der Waals surface area (Å²) in [6.45, 7) is 1.90. The summed E-state index contributed by atoms with van der Waals surface area (Å²) in [4.78, 5) is 37.3. The first kappa shape index (κ1) is 18.5. The fraction of sp³-hybridized carbons (Fsp3) is 0.353. The predicted molar refractivity (Wildman–Crippen MR) is 92.6 cm³/mol. The van der Waals surface area contributed by atoms with Crippen LogP contribution in [0.4, 0.5) is 9.18 Å². The van der Waals surface area contributed by atoms with Crippen LogP contribution in [0.1, 0.15) is 36.7 Å². The quantitative estimate of drug-likeness (QED) is 0.623. The summed E-state index contributed by atoms with van der Waals surface area (Å²) >= 11 is 0. The van der Waals surface area contributed by atoms with E-state index in [0.717, 1.165) is 6.42 Å². The maximum atomic E-state index is 13.0. The summed E-state index contributed by atoms with van der Waals surface area (Å²) in [5.41, 5.74) is -0.637. The van der Waals surface area contributed by atoms with Gasteiger partial charge in [-0.15, -0.1) is 5.10 Å². The second-order valence-corrected chi connectivity index (χ2v) is 6.27. The summed E-state index contributed by atoms with van der Waals surface area (Å²) in [6, 6.07) is 4.91. The average Bonchev–Trinajstić information content (AvgIpc) is 3.24. The highest BCUT2D eigenvalue weighted by atomic mass is 19.1. The Labute approximate surface area is 154 Å². The van der Waals surface area contributed by atoms with Crippen molar-refractivity contribution >= 4 is 17.8 Å². The van der Waals surface area contributed by atoms with Gasteiger partial charge >= 0.3 is 6.03 Å². The minimum Gasteiger partial charge on any atom is -0.348 e. The summed E-state index contributed by atoms with van der Waals surface area (Å²) in [7, 11) is 0. The Morgan fingerprint density at radius 3 is 2.67 bits per heavy atom. The molecule has 27 heavy (non-hydrogen) atoms. The number of amides is 4. The maximum absolute atomic E-state index is 13.0. The molecule has 0 bridgehead atoms. The molecule has 0 aliphatic carbocycles. The summed E-state index contributed by atoms with van der Waals surface area (Å²) in [6.07, 6.45) is 3.23. The third kappa shape index (κ3) is 3.94. The number of unbranched alkanes of at least 4 members (excludes halogenated alkanes) is 1. The van der Waals surface area contributed by atoms with Crippen molar-refractivity contribution in [3.8, 4) is 5.69 Å². The highest BCUT2D eigenvalue weighted by molar-refractivity contribution is 6.07. The molecule has 1 saturated heterocycles. The lowest BCUT2D eigenvalue weighted by atomic mass is 9.92. The Bertz CT molecular complexity index is 866. The molecule has 9 nitrogen and oxygen atoms in total. The van der Waals surface area contributed by atoms with Crippen LogP contribution < -0.4 is 16.0 Å². The van der Waals surface area contributed by atoms with Gasteiger partial charge in [0.05, 0.1) is 18.4 Å². The van der Waals surface area contributed by atoms with Crippen molar-refractivity contribution in [3.05, 3.63) is 42.0 Å². The Morgan fingerprint density at radius 2 is 2.04 bits per heavy atom. The third-order valence-corrected chi connectivity index (χ3v) is 4.30. The van der Waals surface area contributed by atoms with Gasteiger partial charge in [-0.05, 0) is 30.7 Å². The van der Waals surface area contributed by atoms with Crippen LogP contribution in [0.5, 0.6) is 0 Å². The lowest BCUT2D eigenvalue weighted by molar-refractivity contribution is -0.124. The molecule has 0 radical (unpaired) electrons. The van der Waals surface area contributed by atoms with Crippen molar-refractivity contribution in [2.24, 2.45) is 0 Å². The molecule has 2 aromatic rings. The van der Waals surface area contributed by atoms with Crippen molar-refractivity contribution in [1.82, 2.24) is 30.9 Å². The van der Waals surface area contributed by atoms with E-state index in [4.69, 9.17) is 0 Å². The fourth-order valence-electron chi connectivity index (χ4n) is 2.78. The number of halogens is 1. The third-order valence-electron chi connectivity index (χ3n) is 4.30. The van der Waals surface area contributed by atoms with Crippen LogP contribution in [0.3, 0.4) is 0 Å². The van der Waals surface area contributed by atoms with Gasteiger partial charge in [-0.2, -0.15) is 9.90 Å². The van der Waals surface area contributed by atoms with E-state index in [-0.39, 0.29) is 12.2 Å². The van der Waals surface area contributed by atoms with Gasteiger partial charge in [0.25, 0.3) is 11.8 Å². The Kier molecular flexibility index (Phi) is 5.15. The molecule has 0 saturated carbocycles. The molecule has 3 rings (SSSR count). The van der Waals surface area contributed by atoms with Crippen molar-refractivity contribution in [2.75, 3.05) is 6.54 Å². The van der Waals surface area contributed by atoms with Gasteiger partial charge in [-0.3, -0.25) is 14.9 Å². The molecule has 3 N–H and O–H groups in total. The van der Waals surface area contributed by atoms with E-state index in [1.165, 1.54) is 35.3 Å². The largest absolute Gasteiger partial charge is 0.348 e. The molecule has 1 aliphatic heterocycles. The molecule has 0 spiro atoms.